The monoisotopic (exact) mass is 360 g/mol. The van der Waals surface area contributed by atoms with Crippen LogP contribution in [-0.4, -0.2) is 0 Å². The minimum atomic E-state index is 0. The molecule has 0 amide bonds. The summed E-state index contributed by atoms with van der Waals surface area (Å²) in [5.74, 6) is 0. The van der Waals surface area contributed by atoms with E-state index in [0.717, 1.165) is 0 Å². The quantitative estimate of drug-likeness (QED) is 0.251. The summed E-state index contributed by atoms with van der Waals surface area (Å²) in [6.45, 7) is 4.17. The molecule has 0 saturated heterocycles. The van der Waals surface area contributed by atoms with E-state index in [-0.39, 0.29) is 21.7 Å². The van der Waals surface area contributed by atoms with Crippen molar-refractivity contribution in [2.75, 3.05) is 0 Å². The van der Waals surface area contributed by atoms with Gasteiger partial charge in [0.1, 0.15) is 0 Å². The Kier molecular flexibility index (Phi) is 15.3. The van der Waals surface area contributed by atoms with Crippen molar-refractivity contribution in [1.82, 2.24) is 0 Å². The molecular formula is C24H24Ti. The fourth-order valence-corrected chi connectivity index (χ4v) is 1.62. The van der Waals surface area contributed by atoms with Crippen LogP contribution in [0.1, 0.15) is 11.1 Å². The topological polar surface area (TPSA) is 0 Å². The van der Waals surface area contributed by atoms with Crippen LogP contribution in [-0.2, 0) is 21.7 Å². The molecule has 25 heavy (non-hydrogen) atoms. The second-order valence-electron chi connectivity index (χ2n) is 5.08. The summed E-state index contributed by atoms with van der Waals surface area (Å²) in [5.41, 5.74) is 2.69. The molecule has 4 aromatic carbocycles. The molecule has 0 radical (unpaired) electrons. The number of hydrogen-bond donors (Lipinski definition) is 0. The number of hydrogen-bond acceptors (Lipinski definition) is 0. The molecule has 0 aliphatic rings. The van der Waals surface area contributed by atoms with Gasteiger partial charge in [-0.1, -0.05) is 13.8 Å². The Labute approximate surface area is 167 Å². The zero-order valence-corrected chi connectivity index (χ0v) is 16.5. The van der Waals surface area contributed by atoms with Crippen LogP contribution in [0.25, 0.3) is 0 Å². The second-order valence-corrected chi connectivity index (χ2v) is 5.08. The Bertz CT molecular complexity index is 548. The first kappa shape index (κ1) is 22.9. The molecule has 4 rings (SSSR count). The molecular weight excluding hydrogens is 336 g/mol. The van der Waals surface area contributed by atoms with Gasteiger partial charge in [0.05, 0.1) is 0 Å². The molecule has 124 valence electrons. The molecule has 0 aromatic heterocycles. The van der Waals surface area contributed by atoms with Crippen LogP contribution in [0.3, 0.4) is 0 Å². The first-order valence-electron chi connectivity index (χ1n) is 7.98. The minimum absolute atomic E-state index is 0. The molecule has 0 unspecified atom stereocenters. The van der Waals surface area contributed by atoms with E-state index >= 15 is 0 Å². The van der Waals surface area contributed by atoms with Crippen LogP contribution in [0.2, 0.25) is 0 Å². The van der Waals surface area contributed by atoms with Crippen LogP contribution in [0, 0.1) is 26.0 Å². The summed E-state index contributed by atoms with van der Waals surface area (Å²) in [6.07, 6.45) is 0. The Balaban J connectivity index is 0.000000303. The van der Waals surface area contributed by atoms with Crippen molar-refractivity contribution in [3.8, 4) is 0 Å². The summed E-state index contributed by atoms with van der Waals surface area (Å²) < 4.78 is 0. The van der Waals surface area contributed by atoms with Gasteiger partial charge in [-0.05, 0) is 0 Å². The van der Waals surface area contributed by atoms with Crippen LogP contribution in [0.5, 0.6) is 0 Å². The Morgan fingerprint density at radius 1 is 0.440 bits per heavy atom. The van der Waals surface area contributed by atoms with Gasteiger partial charge in [0.25, 0.3) is 0 Å². The van der Waals surface area contributed by atoms with E-state index in [2.05, 4.69) is 50.2 Å². The third-order valence-electron chi connectivity index (χ3n) is 2.87. The van der Waals surface area contributed by atoms with Gasteiger partial charge in [-0.2, -0.15) is 108 Å². The van der Waals surface area contributed by atoms with Crippen molar-refractivity contribution in [2.24, 2.45) is 0 Å². The summed E-state index contributed by atoms with van der Waals surface area (Å²) in [4.78, 5) is 0. The SMILES string of the molecule is C[c-]1cccc1.C[c-]1cccc1.[Ti+4].[c-]1ccccc1.[c-]1ccccc1. The zero-order valence-electron chi connectivity index (χ0n) is 14.9. The van der Waals surface area contributed by atoms with Crippen molar-refractivity contribution in [3.63, 3.8) is 0 Å². The second kappa shape index (κ2) is 16.7. The average molecular weight is 360 g/mol. The van der Waals surface area contributed by atoms with Crippen LogP contribution >= 0.6 is 0 Å². The Morgan fingerprint density at radius 3 is 0.800 bits per heavy atom. The molecule has 0 aliphatic carbocycles. The molecule has 0 bridgehead atoms. The average Bonchev–Trinajstić information content (AvgIpc) is 3.33. The number of aryl methyl sites for hydroxylation is 2. The fraction of sp³-hybridized carbons (Fsp3) is 0.0833. The Hall–Kier alpha value is -2.15. The zero-order chi connectivity index (χ0) is 17.3. The first-order valence-corrected chi connectivity index (χ1v) is 7.98. The van der Waals surface area contributed by atoms with E-state index < -0.39 is 0 Å². The fourth-order valence-electron chi connectivity index (χ4n) is 1.62. The van der Waals surface area contributed by atoms with E-state index in [0.29, 0.717) is 0 Å². The third kappa shape index (κ3) is 15.1. The van der Waals surface area contributed by atoms with Crippen LogP contribution < -0.4 is 0 Å². The van der Waals surface area contributed by atoms with Crippen LogP contribution in [0.4, 0.5) is 0 Å². The summed E-state index contributed by atoms with van der Waals surface area (Å²) in [7, 11) is 0. The molecule has 0 atom stereocenters. The molecule has 0 heterocycles. The van der Waals surface area contributed by atoms with E-state index in [1.165, 1.54) is 11.1 Å². The largest absolute Gasteiger partial charge is 4.00 e. The standard InChI is InChI=1S/2C6H7.2C6H5.Ti/c2*1-6-4-2-3-5-6;2*1-2-4-6-5-3-1;/h2*2-5H,1H3;2*1-5H;/q4*-1;+4. The maximum Gasteiger partial charge on any atom is 4.00 e. The molecule has 0 fully saturated rings. The van der Waals surface area contributed by atoms with Crippen molar-refractivity contribution >= 4 is 0 Å². The third-order valence-corrected chi connectivity index (χ3v) is 2.87. The van der Waals surface area contributed by atoms with Gasteiger partial charge < -0.3 is 0 Å². The normalized spacial score (nSPS) is 8.08. The molecule has 0 N–H and O–H groups in total. The minimum Gasteiger partial charge on any atom is -0.213 e. The molecule has 4 aromatic rings. The molecule has 0 nitrogen and oxygen atoms in total. The summed E-state index contributed by atoms with van der Waals surface area (Å²) in [5, 5.41) is 0. The van der Waals surface area contributed by atoms with Gasteiger partial charge in [-0.15, -0.1) is 0 Å². The number of benzene rings is 2. The smallest absolute Gasteiger partial charge is 0.213 e. The Morgan fingerprint density at radius 2 is 0.720 bits per heavy atom. The van der Waals surface area contributed by atoms with Gasteiger partial charge in [0, 0.05) is 0 Å². The van der Waals surface area contributed by atoms with Crippen molar-refractivity contribution < 1.29 is 21.7 Å². The molecule has 1 heteroatoms. The molecule has 0 spiro atoms. The van der Waals surface area contributed by atoms with E-state index in [1.807, 2.05) is 84.9 Å². The van der Waals surface area contributed by atoms with Gasteiger partial charge in [-0.25, -0.2) is 24.3 Å². The number of rotatable bonds is 0. The summed E-state index contributed by atoms with van der Waals surface area (Å²) >= 11 is 0. The van der Waals surface area contributed by atoms with E-state index in [1.54, 1.807) is 0 Å². The van der Waals surface area contributed by atoms with Crippen molar-refractivity contribution in [2.45, 2.75) is 13.8 Å². The van der Waals surface area contributed by atoms with Crippen molar-refractivity contribution in [1.29, 1.82) is 0 Å². The predicted molar refractivity (Wildman–Crippen MR) is 104 cm³/mol. The van der Waals surface area contributed by atoms with Gasteiger partial charge >= 0.3 is 21.7 Å². The molecule has 0 saturated carbocycles. The van der Waals surface area contributed by atoms with Crippen LogP contribution in [0.15, 0.2) is 109 Å². The molecule has 0 aliphatic heterocycles. The summed E-state index contributed by atoms with van der Waals surface area (Å²) in [6, 6.07) is 41.5. The van der Waals surface area contributed by atoms with Gasteiger partial charge in [0.2, 0.25) is 0 Å². The first-order chi connectivity index (χ1) is 11.8. The van der Waals surface area contributed by atoms with Gasteiger partial charge in [0.15, 0.2) is 0 Å². The predicted octanol–water partition coefficient (Wildman–Crippen LogP) is 6.40. The maximum atomic E-state index is 2.89. The van der Waals surface area contributed by atoms with E-state index in [9.17, 15) is 0 Å². The maximum absolute atomic E-state index is 2.89. The van der Waals surface area contributed by atoms with Crippen molar-refractivity contribution in [3.05, 3.63) is 132 Å². The van der Waals surface area contributed by atoms with Gasteiger partial charge in [-0.3, -0.25) is 0 Å². The van der Waals surface area contributed by atoms with E-state index in [4.69, 9.17) is 0 Å².